The lowest BCUT2D eigenvalue weighted by Crippen LogP contribution is -2.50. The van der Waals surface area contributed by atoms with Gasteiger partial charge < -0.3 is 10.2 Å². The first-order valence-corrected chi connectivity index (χ1v) is 10.6. The van der Waals surface area contributed by atoms with Gasteiger partial charge in [-0.1, -0.05) is 43.6 Å². The summed E-state index contributed by atoms with van der Waals surface area (Å²) in [6.45, 7) is 10.9. The number of benzene rings is 2. The number of hydrogen-bond donors (Lipinski definition) is 1. The molecule has 29 heavy (non-hydrogen) atoms. The molecule has 0 spiro atoms. The van der Waals surface area contributed by atoms with Crippen LogP contribution in [-0.4, -0.2) is 35.2 Å². The quantitative estimate of drug-likeness (QED) is 0.700. The van der Waals surface area contributed by atoms with Crippen LogP contribution in [0.25, 0.3) is 16.6 Å². The highest BCUT2D eigenvalue weighted by Gasteiger charge is 2.24. The largest absolute Gasteiger partial charge is 0.354 e. The average molecular weight is 411 g/mol. The smallest absolute Gasteiger partial charge is 0.351 e. The lowest BCUT2D eigenvalue weighted by atomic mass is 10.0. The molecule has 152 valence electrons. The molecule has 4 rings (SSSR count). The zero-order chi connectivity index (χ0) is 20.7. The lowest BCUT2D eigenvalue weighted by molar-refractivity contribution is 0.497. The van der Waals surface area contributed by atoms with Gasteiger partial charge in [0.05, 0.1) is 11.2 Å². The van der Waals surface area contributed by atoms with E-state index in [1.54, 1.807) is 4.57 Å². The molecule has 0 amide bonds. The van der Waals surface area contributed by atoms with Gasteiger partial charge in [0.1, 0.15) is 5.82 Å². The molecule has 0 saturated carbocycles. The minimum absolute atomic E-state index is 0.248. The number of hydrogen-bond acceptors (Lipinski definition) is 4. The highest BCUT2D eigenvalue weighted by molar-refractivity contribution is 6.32. The Kier molecular flexibility index (Phi) is 5.36. The molecule has 1 fully saturated rings. The third-order valence-corrected chi connectivity index (χ3v) is 6.13. The molecule has 1 saturated heterocycles. The summed E-state index contributed by atoms with van der Waals surface area (Å²) in [6, 6.07) is 12.3. The summed E-state index contributed by atoms with van der Waals surface area (Å²) in [4.78, 5) is 20.1. The number of anilines is 1. The van der Waals surface area contributed by atoms with E-state index in [2.05, 4.69) is 42.0 Å². The minimum atomic E-state index is -0.256. The Balaban J connectivity index is 2.06. The van der Waals surface area contributed by atoms with E-state index in [0.29, 0.717) is 5.02 Å². The van der Waals surface area contributed by atoms with Crippen molar-refractivity contribution in [1.29, 1.82) is 0 Å². The van der Waals surface area contributed by atoms with Gasteiger partial charge in [0.2, 0.25) is 0 Å². The maximum Gasteiger partial charge on any atom is 0.354 e. The van der Waals surface area contributed by atoms with E-state index in [-0.39, 0.29) is 17.6 Å². The summed E-state index contributed by atoms with van der Waals surface area (Å²) in [5.74, 6) is 1.01. The monoisotopic (exact) mass is 410 g/mol. The molecule has 6 heteroatoms. The van der Waals surface area contributed by atoms with Gasteiger partial charge >= 0.3 is 5.69 Å². The molecule has 2 heterocycles. The van der Waals surface area contributed by atoms with Gasteiger partial charge in [-0.05, 0) is 49.1 Å². The van der Waals surface area contributed by atoms with E-state index >= 15 is 0 Å². The van der Waals surface area contributed by atoms with Crippen LogP contribution in [0.5, 0.6) is 0 Å². The Morgan fingerprint density at radius 2 is 2.00 bits per heavy atom. The maximum atomic E-state index is 13.4. The zero-order valence-corrected chi connectivity index (χ0v) is 18.1. The molecule has 0 radical (unpaired) electrons. The van der Waals surface area contributed by atoms with Crippen molar-refractivity contribution in [3.63, 3.8) is 0 Å². The molecule has 1 aromatic heterocycles. The highest BCUT2D eigenvalue weighted by atomic mass is 35.5. The molecule has 2 aromatic carbocycles. The normalized spacial score (nSPS) is 17.3. The standard InChI is InChI=1S/C23H27ClN4O/c1-14(2)17-7-5-6-8-20(17)28-21-11-15(3)19(24)12-18(21)22(26-23(28)29)27-10-9-25-13-16(27)4/h5-8,11-12,14,16,25H,9-10,13H2,1-4H3/t16-/m0/s1. The number of aryl methyl sites for hydroxylation is 1. The minimum Gasteiger partial charge on any atom is -0.351 e. The van der Waals surface area contributed by atoms with Gasteiger partial charge in [-0.25, -0.2) is 4.79 Å². The van der Waals surface area contributed by atoms with E-state index in [1.165, 1.54) is 0 Å². The van der Waals surface area contributed by atoms with Crippen LogP contribution in [0.4, 0.5) is 5.82 Å². The van der Waals surface area contributed by atoms with Gasteiger partial charge in [0, 0.05) is 36.1 Å². The second-order valence-corrected chi connectivity index (χ2v) is 8.54. The van der Waals surface area contributed by atoms with Gasteiger partial charge in [0.25, 0.3) is 0 Å². The van der Waals surface area contributed by atoms with Crippen molar-refractivity contribution in [2.75, 3.05) is 24.5 Å². The van der Waals surface area contributed by atoms with Crippen LogP contribution in [-0.2, 0) is 0 Å². The van der Waals surface area contributed by atoms with E-state index in [1.807, 2.05) is 37.3 Å². The molecular formula is C23H27ClN4O. The van der Waals surface area contributed by atoms with Crippen LogP contribution >= 0.6 is 11.6 Å². The molecule has 0 bridgehead atoms. The molecule has 1 aliphatic rings. The topological polar surface area (TPSA) is 50.2 Å². The summed E-state index contributed by atoms with van der Waals surface area (Å²) in [7, 11) is 0. The van der Waals surface area contributed by atoms with E-state index in [9.17, 15) is 4.79 Å². The Labute approximate surface area is 176 Å². The third kappa shape index (κ3) is 3.53. The molecule has 0 unspecified atom stereocenters. The molecule has 0 aliphatic carbocycles. The van der Waals surface area contributed by atoms with Gasteiger partial charge in [0.15, 0.2) is 0 Å². The molecule has 1 aliphatic heterocycles. The van der Waals surface area contributed by atoms with Crippen LogP contribution in [0.3, 0.4) is 0 Å². The Morgan fingerprint density at radius 3 is 2.72 bits per heavy atom. The molecule has 5 nitrogen and oxygen atoms in total. The van der Waals surface area contributed by atoms with Crippen LogP contribution in [0, 0.1) is 6.92 Å². The molecule has 3 aromatic rings. The summed E-state index contributed by atoms with van der Waals surface area (Å²) in [6.07, 6.45) is 0. The first-order valence-electron chi connectivity index (χ1n) is 10.2. The Morgan fingerprint density at radius 1 is 1.24 bits per heavy atom. The number of aromatic nitrogens is 2. The lowest BCUT2D eigenvalue weighted by Gasteiger charge is -2.35. The summed E-state index contributed by atoms with van der Waals surface area (Å²) in [5.41, 5.74) is 3.54. The molecular weight excluding hydrogens is 384 g/mol. The first kappa shape index (κ1) is 19.9. The second-order valence-electron chi connectivity index (χ2n) is 8.13. The number of nitrogens with one attached hydrogen (secondary N) is 1. The molecule has 1 N–H and O–H groups in total. The SMILES string of the molecule is Cc1cc2c(cc1Cl)c(N1CCNC[C@@H]1C)nc(=O)n2-c1ccccc1C(C)C. The number of rotatable bonds is 3. The van der Waals surface area contributed by atoms with Crippen LogP contribution in [0.2, 0.25) is 5.02 Å². The first-order chi connectivity index (χ1) is 13.9. The van der Waals surface area contributed by atoms with Crippen molar-refractivity contribution < 1.29 is 0 Å². The number of para-hydroxylation sites is 1. The van der Waals surface area contributed by atoms with E-state index in [0.717, 1.165) is 53.2 Å². The van der Waals surface area contributed by atoms with E-state index < -0.39 is 0 Å². The van der Waals surface area contributed by atoms with Crippen molar-refractivity contribution in [3.8, 4) is 5.69 Å². The van der Waals surface area contributed by atoms with Gasteiger partial charge in [-0.2, -0.15) is 4.98 Å². The van der Waals surface area contributed by atoms with Crippen molar-refractivity contribution in [2.45, 2.75) is 39.7 Å². The summed E-state index contributed by atoms with van der Waals surface area (Å²) >= 11 is 6.51. The highest BCUT2D eigenvalue weighted by Crippen LogP contribution is 2.32. The van der Waals surface area contributed by atoms with Crippen LogP contribution < -0.4 is 15.9 Å². The van der Waals surface area contributed by atoms with Crippen LogP contribution in [0.1, 0.15) is 37.8 Å². The van der Waals surface area contributed by atoms with Crippen LogP contribution in [0.15, 0.2) is 41.2 Å². The predicted molar refractivity (Wildman–Crippen MR) is 121 cm³/mol. The maximum absolute atomic E-state index is 13.4. The zero-order valence-electron chi connectivity index (χ0n) is 17.4. The average Bonchev–Trinajstić information content (AvgIpc) is 2.69. The number of nitrogens with zero attached hydrogens (tertiary/aromatic N) is 3. The summed E-state index contributed by atoms with van der Waals surface area (Å²) in [5, 5.41) is 4.99. The number of halogens is 1. The summed E-state index contributed by atoms with van der Waals surface area (Å²) < 4.78 is 1.74. The van der Waals surface area contributed by atoms with Crippen molar-refractivity contribution in [1.82, 2.24) is 14.9 Å². The van der Waals surface area contributed by atoms with E-state index in [4.69, 9.17) is 11.6 Å². The second kappa shape index (κ2) is 7.81. The Hall–Kier alpha value is -2.37. The van der Waals surface area contributed by atoms with Crippen molar-refractivity contribution >= 4 is 28.3 Å². The van der Waals surface area contributed by atoms with Crippen molar-refractivity contribution in [2.24, 2.45) is 0 Å². The Bertz CT molecular complexity index is 1120. The van der Waals surface area contributed by atoms with Gasteiger partial charge in [-0.15, -0.1) is 0 Å². The van der Waals surface area contributed by atoms with Gasteiger partial charge in [-0.3, -0.25) is 4.57 Å². The number of piperazine rings is 1. The fourth-order valence-corrected chi connectivity index (χ4v) is 4.28. The number of fused-ring (bicyclic) bond motifs is 1. The fraction of sp³-hybridized carbons (Fsp3) is 0.391. The predicted octanol–water partition coefficient (Wildman–Crippen LogP) is 4.27. The molecule has 1 atom stereocenters. The third-order valence-electron chi connectivity index (χ3n) is 5.72. The fourth-order valence-electron chi connectivity index (χ4n) is 4.12. The van der Waals surface area contributed by atoms with Crippen molar-refractivity contribution in [3.05, 3.63) is 63.0 Å².